The van der Waals surface area contributed by atoms with E-state index >= 15 is 0 Å². The van der Waals surface area contributed by atoms with Crippen LogP contribution in [0.5, 0.6) is 0 Å². The van der Waals surface area contributed by atoms with Gasteiger partial charge in [-0.3, -0.25) is 4.74 Å². The third-order valence-corrected chi connectivity index (χ3v) is 3.98. The Balaban J connectivity index is 4.63. The first-order valence-electron chi connectivity index (χ1n) is 11.0. The van der Waals surface area contributed by atoms with E-state index in [0.29, 0.717) is 6.42 Å². The minimum absolute atomic E-state index is 0.179. The van der Waals surface area contributed by atoms with Crippen LogP contribution in [0.3, 0.4) is 0 Å². The number of ether oxygens (including phenoxy) is 5. The van der Waals surface area contributed by atoms with Gasteiger partial charge in [0.1, 0.15) is 38.8 Å². The molecule has 1 unspecified atom stereocenters. The molecule has 17 heteroatoms. The topological polar surface area (TPSA) is 86.6 Å². The molecule has 224 valence electrons. The van der Waals surface area contributed by atoms with Crippen molar-refractivity contribution in [3.63, 3.8) is 0 Å². The van der Waals surface area contributed by atoms with Gasteiger partial charge in [-0.1, -0.05) is 6.92 Å². The lowest BCUT2D eigenvalue weighted by Crippen LogP contribution is -2.43. The van der Waals surface area contributed by atoms with Gasteiger partial charge in [-0.2, -0.15) is 17.6 Å². The number of halogens is 10. The van der Waals surface area contributed by atoms with Crippen LogP contribution in [-0.4, -0.2) is 106 Å². The number of alkyl halides is 10. The molecule has 0 aromatic carbocycles. The van der Waals surface area contributed by atoms with Crippen LogP contribution in [0, 0.1) is 0 Å². The Hall–Kier alpha value is -0.980. The summed E-state index contributed by atoms with van der Waals surface area (Å²) < 4.78 is 157. The number of aliphatic hydroxyl groups excluding tert-OH is 2. The molecule has 0 radical (unpaired) electrons. The maximum atomic E-state index is 13.7. The quantitative estimate of drug-likeness (QED) is 0.141. The molecule has 0 amide bonds. The summed E-state index contributed by atoms with van der Waals surface area (Å²) in [6.07, 6.45) is -17.9. The highest BCUT2D eigenvalue weighted by Crippen LogP contribution is 2.40. The molecular weight excluding hydrogens is 542 g/mol. The third kappa shape index (κ3) is 19.7. The van der Waals surface area contributed by atoms with Crippen LogP contribution in [0.4, 0.5) is 43.9 Å². The van der Waals surface area contributed by atoms with Gasteiger partial charge >= 0.3 is 12.2 Å². The standard InChI is InChI=1S/C20H32F10O7/c1-2-5-33-6-3-16(21,22)12-36-14-18(25,26)11-20(29,30)37-19(27,28)10-17(23,24)13-35-9-15(32)8-34-7-4-31/h15,31-32H,2-14H2,1H3. The summed E-state index contributed by atoms with van der Waals surface area (Å²) in [6.45, 7) is -5.72. The summed E-state index contributed by atoms with van der Waals surface area (Å²) in [5.41, 5.74) is 0. The molecule has 0 saturated carbocycles. The first-order chi connectivity index (χ1) is 16.8. The third-order valence-electron chi connectivity index (χ3n) is 3.98. The van der Waals surface area contributed by atoms with E-state index in [1.807, 2.05) is 0 Å². The van der Waals surface area contributed by atoms with E-state index in [-0.39, 0.29) is 13.2 Å². The highest BCUT2D eigenvalue weighted by Gasteiger charge is 2.54. The summed E-state index contributed by atoms with van der Waals surface area (Å²) in [7, 11) is 0. The van der Waals surface area contributed by atoms with Crippen LogP contribution < -0.4 is 0 Å². The normalized spacial score (nSPS) is 14.8. The minimum Gasteiger partial charge on any atom is -0.394 e. The van der Waals surface area contributed by atoms with Crippen molar-refractivity contribution in [2.75, 3.05) is 59.5 Å². The Bertz CT molecular complexity index is 612. The lowest BCUT2D eigenvalue weighted by molar-refractivity contribution is -0.398. The molecule has 0 fully saturated rings. The highest BCUT2D eigenvalue weighted by atomic mass is 19.3. The van der Waals surface area contributed by atoms with Gasteiger partial charge in [0, 0.05) is 13.0 Å². The van der Waals surface area contributed by atoms with Crippen molar-refractivity contribution >= 4 is 0 Å². The van der Waals surface area contributed by atoms with Crippen molar-refractivity contribution in [1.82, 2.24) is 0 Å². The molecule has 0 aromatic heterocycles. The fraction of sp³-hybridized carbons (Fsp3) is 1.00. The molecule has 0 rings (SSSR count). The zero-order valence-corrected chi connectivity index (χ0v) is 20.0. The summed E-state index contributed by atoms with van der Waals surface area (Å²) in [4.78, 5) is 0. The number of hydrogen-bond donors (Lipinski definition) is 2. The molecule has 37 heavy (non-hydrogen) atoms. The van der Waals surface area contributed by atoms with E-state index in [1.54, 1.807) is 6.92 Å². The van der Waals surface area contributed by atoms with E-state index in [1.165, 1.54) is 0 Å². The maximum Gasteiger partial charge on any atom is 0.366 e. The predicted octanol–water partition coefficient (Wildman–Crippen LogP) is 4.09. The van der Waals surface area contributed by atoms with E-state index in [9.17, 15) is 49.0 Å². The number of rotatable bonds is 23. The molecule has 0 aliphatic heterocycles. The maximum absolute atomic E-state index is 13.7. The van der Waals surface area contributed by atoms with Gasteiger partial charge in [0.15, 0.2) is 0 Å². The van der Waals surface area contributed by atoms with Gasteiger partial charge in [0.25, 0.3) is 17.8 Å². The van der Waals surface area contributed by atoms with Crippen molar-refractivity contribution in [1.29, 1.82) is 0 Å². The number of aliphatic hydroxyl groups is 2. The molecule has 1 atom stereocenters. The number of hydrogen-bond acceptors (Lipinski definition) is 7. The largest absolute Gasteiger partial charge is 0.394 e. The fourth-order valence-corrected chi connectivity index (χ4v) is 2.56. The molecule has 0 aliphatic carbocycles. The predicted molar refractivity (Wildman–Crippen MR) is 106 cm³/mol. The van der Waals surface area contributed by atoms with Crippen LogP contribution >= 0.6 is 0 Å². The Morgan fingerprint density at radius 1 is 0.622 bits per heavy atom. The van der Waals surface area contributed by atoms with Gasteiger partial charge < -0.3 is 29.2 Å². The lowest BCUT2D eigenvalue weighted by atomic mass is 10.2. The molecule has 0 aliphatic rings. The van der Waals surface area contributed by atoms with Gasteiger partial charge in [-0.25, -0.2) is 26.3 Å². The second-order valence-electron chi connectivity index (χ2n) is 8.12. The van der Waals surface area contributed by atoms with Crippen LogP contribution in [0.25, 0.3) is 0 Å². The van der Waals surface area contributed by atoms with Crippen LogP contribution in [0.2, 0.25) is 0 Å². The van der Waals surface area contributed by atoms with Gasteiger partial charge in [0.2, 0.25) is 0 Å². The first kappa shape index (κ1) is 36.0. The molecule has 0 bridgehead atoms. The average molecular weight is 574 g/mol. The molecule has 0 saturated heterocycles. The molecule has 0 heterocycles. The van der Waals surface area contributed by atoms with E-state index in [0.717, 1.165) is 0 Å². The van der Waals surface area contributed by atoms with Crippen LogP contribution in [0.1, 0.15) is 32.6 Å². The average Bonchev–Trinajstić information content (AvgIpc) is 2.68. The molecule has 7 nitrogen and oxygen atoms in total. The Kier molecular flexibility index (Phi) is 15.8. The monoisotopic (exact) mass is 574 g/mol. The van der Waals surface area contributed by atoms with Gasteiger partial charge in [0.05, 0.1) is 33.0 Å². The second-order valence-corrected chi connectivity index (χ2v) is 8.12. The summed E-state index contributed by atoms with van der Waals surface area (Å²) in [5, 5.41) is 17.8. The zero-order chi connectivity index (χ0) is 28.8. The van der Waals surface area contributed by atoms with Crippen molar-refractivity contribution in [2.24, 2.45) is 0 Å². The Morgan fingerprint density at radius 2 is 1.11 bits per heavy atom. The fourth-order valence-electron chi connectivity index (χ4n) is 2.56. The zero-order valence-electron chi connectivity index (χ0n) is 20.0. The van der Waals surface area contributed by atoms with E-state index in [4.69, 9.17) is 9.84 Å². The highest BCUT2D eigenvalue weighted by molar-refractivity contribution is 4.77. The van der Waals surface area contributed by atoms with Crippen molar-refractivity contribution in [2.45, 2.75) is 68.7 Å². The SMILES string of the molecule is CCCOCCC(F)(F)COCC(F)(F)CC(F)(F)OC(F)(F)CC(F)(F)COCC(O)COCCO. The molecule has 0 spiro atoms. The second kappa shape index (κ2) is 16.2. The summed E-state index contributed by atoms with van der Waals surface area (Å²) >= 11 is 0. The molecular formula is C20H32F10O7. The van der Waals surface area contributed by atoms with E-state index in [2.05, 4.69) is 18.9 Å². The van der Waals surface area contributed by atoms with Crippen LogP contribution in [-0.2, 0) is 23.7 Å². The van der Waals surface area contributed by atoms with Crippen LogP contribution in [0.15, 0.2) is 0 Å². The molecule has 2 N–H and O–H groups in total. The minimum atomic E-state index is -5.34. The van der Waals surface area contributed by atoms with Crippen molar-refractivity contribution in [3.05, 3.63) is 0 Å². The Labute approximate surface area is 206 Å². The van der Waals surface area contributed by atoms with Gasteiger partial charge in [-0.15, -0.1) is 0 Å². The lowest BCUT2D eigenvalue weighted by Gasteiger charge is -2.29. The van der Waals surface area contributed by atoms with E-state index < -0.39 is 102 Å². The summed E-state index contributed by atoms with van der Waals surface area (Å²) in [6, 6.07) is 0. The van der Waals surface area contributed by atoms with Crippen molar-refractivity contribution < 1.29 is 77.8 Å². The Morgan fingerprint density at radius 3 is 1.62 bits per heavy atom. The molecule has 0 aromatic rings. The van der Waals surface area contributed by atoms with Crippen molar-refractivity contribution in [3.8, 4) is 0 Å². The smallest absolute Gasteiger partial charge is 0.366 e. The first-order valence-corrected chi connectivity index (χ1v) is 11.0. The summed E-state index contributed by atoms with van der Waals surface area (Å²) in [5.74, 6) is -12.7. The van der Waals surface area contributed by atoms with Gasteiger partial charge in [-0.05, 0) is 6.42 Å².